The summed E-state index contributed by atoms with van der Waals surface area (Å²) in [7, 11) is 0. The number of hydrogen-bond donors (Lipinski definition) is 1. The van der Waals surface area contributed by atoms with Gasteiger partial charge in [-0.2, -0.15) is 5.26 Å². The van der Waals surface area contributed by atoms with E-state index in [0.717, 1.165) is 11.1 Å². The van der Waals surface area contributed by atoms with E-state index in [2.05, 4.69) is 6.07 Å². The van der Waals surface area contributed by atoms with Crippen LogP contribution in [-0.4, -0.2) is 11.1 Å². The van der Waals surface area contributed by atoms with Gasteiger partial charge in [-0.25, -0.2) is 4.79 Å². The number of benzene rings is 2. The van der Waals surface area contributed by atoms with Crippen LogP contribution in [0.5, 0.6) is 0 Å². The first-order valence-corrected chi connectivity index (χ1v) is 6.93. The third-order valence-electron chi connectivity index (χ3n) is 3.15. The fourth-order valence-electron chi connectivity index (χ4n) is 2.00. The fraction of sp³-hybridized carbons (Fsp3) is 0.125. The van der Waals surface area contributed by atoms with Gasteiger partial charge in [-0.3, -0.25) is 0 Å². The Morgan fingerprint density at radius 1 is 1.19 bits per heavy atom. The highest BCUT2D eigenvalue weighted by atomic mass is 35.5. The molecule has 1 atom stereocenters. The van der Waals surface area contributed by atoms with Crippen molar-refractivity contribution in [3.8, 4) is 6.07 Å². The maximum atomic E-state index is 10.8. The Morgan fingerprint density at radius 3 is 2.38 bits per heavy atom. The van der Waals surface area contributed by atoms with Crippen LogP contribution >= 0.6 is 23.2 Å². The summed E-state index contributed by atoms with van der Waals surface area (Å²) in [5, 5.41) is 19.3. The third kappa shape index (κ3) is 3.75. The summed E-state index contributed by atoms with van der Waals surface area (Å²) >= 11 is 12.0. The van der Waals surface area contributed by atoms with Crippen LogP contribution in [-0.2, 0) is 6.42 Å². The predicted octanol–water partition coefficient (Wildman–Crippen LogP) is 4.54. The number of carboxylic acids is 1. The predicted molar refractivity (Wildman–Crippen MR) is 81.9 cm³/mol. The average molecular weight is 320 g/mol. The lowest BCUT2D eigenvalue weighted by Gasteiger charge is -2.11. The number of hydrogen-bond acceptors (Lipinski definition) is 2. The molecular weight excluding hydrogens is 309 g/mol. The first kappa shape index (κ1) is 15.4. The minimum Gasteiger partial charge on any atom is -0.478 e. The molecule has 0 aliphatic heterocycles. The summed E-state index contributed by atoms with van der Waals surface area (Å²) in [6.07, 6.45) is 0.443. The van der Waals surface area contributed by atoms with Gasteiger partial charge in [0, 0.05) is 10.0 Å². The van der Waals surface area contributed by atoms with Crippen molar-refractivity contribution in [2.75, 3.05) is 0 Å². The van der Waals surface area contributed by atoms with Gasteiger partial charge in [0.05, 0.1) is 17.6 Å². The minimum atomic E-state index is -0.990. The molecule has 0 aliphatic rings. The molecule has 3 nitrogen and oxygen atoms in total. The lowest BCUT2D eigenvalue weighted by atomic mass is 9.92. The van der Waals surface area contributed by atoms with Crippen molar-refractivity contribution in [3.63, 3.8) is 0 Å². The Morgan fingerprint density at radius 2 is 1.86 bits per heavy atom. The zero-order valence-corrected chi connectivity index (χ0v) is 12.4. The molecule has 106 valence electrons. The van der Waals surface area contributed by atoms with Gasteiger partial charge in [0.2, 0.25) is 0 Å². The van der Waals surface area contributed by atoms with Crippen molar-refractivity contribution >= 4 is 29.2 Å². The molecule has 0 heterocycles. The van der Waals surface area contributed by atoms with E-state index in [-0.39, 0.29) is 5.56 Å². The van der Waals surface area contributed by atoms with Gasteiger partial charge in [0.15, 0.2) is 0 Å². The van der Waals surface area contributed by atoms with Crippen LogP contribution in [0.15, 0.2) is 42.5 Å². The number of halogens is 2. The van der Waals surface area contributed by atoms with E-state index in [9.17, 15) is 10.1 Å². The second kappa shape index (κ2) is 6.62. The summed E-state index contributed by atoms with van der Waals surface area (Å²) in [5.41, 5.74) is 1.78. The second-order valence-corrected chi connectivity index (χ2v) is 5.39. The van der Waals surface area contributed by atoms with Crippen molar-refractivity contribution in [3.05, 3.63) is 69.2 Å². The van der Waals surface area contributed by atoms with E-state index in [0.29, 0.717) is 16.5 Å². The highest BCUT2D eigenvalue weighted by molar-refractivity contribution is 6.35. The maximum absolute atomic E-state index is 10.8. The number of rotatable bonds is 4. The molecule has 2 rings (SSSR count). The Kier molecular flexibility index (Phi) is 4.85. The molecule has 0 aliphatic carbocycles. The summed E-state index contributed by atoms with van der Waals surface area (Å²) in [6.45, 7) is 0. The summed E-state index contributed by atoms with van der Waals surface area (Å²) in [6, 6.07) is 13.7. The Bertz CT molecular complexity index is 705. The summed E-state index contributed by atoms with van der Waals surface area (Å²) in [5.74, 6) is -1.39. The Balaban J connectivity index is 2.24. The highest BCUT2D eigenvalue weighted by Crippen LogP contribution is 2.27. The maximum Gasteiger partial charge on any atom is 0.335 e. The number of nitriles is 1. The van der Waals surface area contributed by atoms with Crippen LogP contribution in [0.25, 0.3) is 0 Å². The monoisotopic (exact) mass is 319 g/mol. The van der Waals surface area contributed by atoms with E-state index in [1.54, 1.807) is 30.3 Å². The van der Waals surface area contributed by atoms with Crippen molar-refractivity contribution < 1.29 is 9.90 Å². The molecule has 0 spiro atoms. The van der Waals surface area contributed by atoms with Crippen LogP contribution in [0.4, 0.5) is 0 Å². The van der Waals surface area contributed by atoms with Gasteiger partial charge in [0.25, 0.3) is 0 Å². The van der Waals surface area contributed by atoms with E-state index < -0.39 is 11.9 Å². The first-order valence-electron chi connectivity index (χ1n) is 6.18. The van der Waals surface area contributed by atoms with E-state index in [1.165, 1.54) is 12.1 Å². The molecule has 0 radical (unpaired) electrons. The summed E-state index contributed by atoms with van der Waals surface area (Å²) < 4.78 is 0. The van der Waals surface area contributed by atoms with Gasteiger partial charge in [-0.15, -0.1) is 0 Å². The fourth-order valence-corrected chi connectivity index (χ4v) is 2.49. The van der Waals surface area contributed by atoms with Gasteiger partial charge in [0.1, 0.15) is 0 Å². The van der Waals surface area contributed by atoms with Gasteiger partial charge >= 0.3 is 5.97 Å². The smallest absolute Gasteiger partial charge is 0.335 e. The van der Waals surface area contributed by atoms with Crippen molar-refractivity contribution in [1.29, 1.82) is 5.26 Å². The topological polar surface area (TPSA) is 61.1 Å². The highest BCUT2D eigenvalue weighted by Gasteiger charge is 2.14. The van der Waals surface area contributed by atoms with Crippen molar-refractivity contribution in [1.82, 2.24) is 0 Å². The number of aromatic carboxylic acids is 1. The number of carbonyl (C=O) groups is 1. The Hall–Kier alpha value is -2.02. The van der Waals surface area contributed by atoms with E-state index in [1.807, 2.05) is 0 Å². The van der Waals surface area contributed by atoms with E-state index in [4.69, 9.17) is 28.3 Å². The third-order valence-corrected chi connectivity index (χ3v) is 3.74. The van der Waals surface area contributed by atoms with Crippen molar-refractivity contribution in [2.24, 2.45) is 0 Å². The normalized spacial score (nSPS) is 11.7. The molecular formula is C16H11Cl2NO2. The lowest BCUT2D eigenvalue weighted by molar-refractivity contribution is 0.0697. The van der Waals surface area contributed by atoms with Gasteiger partial charge < -0.3 is 5.11 Å². The van der Waals surface area contributed by atoms with Gasteiger partial charge in [-0.05, 0) is 41.8 Å². The van der Waals surface area contributed by atoms with Crippen LogP contribution in [0.2, 0.25) is 10.0 Å². The summed E-state index contributed by atoms with van der Waals surface area (Å²) in [4.78, 5) is 10.8. The zero-order chi connectivity index (χ0) is 15.4. The first-order chi connectivity index (χ1) is 10.0. The molecule has 0 fully saturated rings. The van der Waals surface area contributed by atoms with Crippen LogP contribution in [0, 0.1) is 11.3 Å². The minimum absolute atomic E-state index is 0.194. The number of nitrogens with zero attached hydrogens (tertiary/aromatic N) is 1. The molecule has 0 aromatic heterocycles. The molecule has 2 aromatic rings. The zero-order valence-electron chi connectivity index (χ0n) is 10.9. The SMILES string of the molecule is N#CC(Cc1ccc(Cl)cc1Cl)c1ccc(C(=O)O)cc1. The lowest BCUT2D eigenvalue weighted by Crippen LogP contribution is -2.02. The molecule has 1 unspecified atom stereocenters. The van der Waals surface area contributed by atoms with Gasteiger partial charge in [-0.1, -0.05) is 41.4 Å². The van der Waals surface area contributed by atoms with Crippen LogP contribution in [0.1, 0.15) is 27.4 Å². The quantitative estimate of drug-likeness (QED) is 0.899. The molecule has 0 saturated carbocycles. The number of carboxylic acid groups (broad SMARTS) is 1. The standard InChI is InChI=1S/C16H11Cl2NO2/c17-14-6-5-12(15(18)8-14)7-13(9-19)10-1-3-11(4-2-10)16(20)21/h1-6,8,13H,7H2,(H,20,21). The molecule has 2 aromatic carbocycles. The second-order valence-electron chi connectivity index (χ2n) is 4.55. The van der Waals surface area contributed by atoms with Crippen LogP contribution < -0.4 is 0 Å². The molecule has 0 amide bonds. The molecule has 0 saturated heterocycles. The Labute approximate surface area is 132 Å². The van der Waals surface area contributed by atoms with E-state index >= 15 is 0 Å². The molecule has 5 heteroatoms. The van der Waals surface area contributed by atoms with Crippen molar-refractivity contribution in [2.45, 2.75) is 12.3 Å². The average Bonchev–Trinajstić information content (AvgIpc) is 2.47. The molecule has 21 heavy (non-hydrogen) atoms. The van der Waals surface area contributed by atoms with Crippen LogP contribution in [0.3, 0.4) is 0 Å². The molecule has 1 N–H and O–H groups in total. The molecule has 0 bridgehead atoms. The largest absolute Gasteiger partial charge is 0.478 e.